The topological polar surface area (TPSA) is 71.5 Å². The van der Waals surface area contributed by atoms with Crippen molar-refractivity contribution in [1.82, 2.24) is 3.93 Å². The van der Waals surface area contributed by atoms with Gasteiger partial charge in [0.1, 0.15) is 0 Å². The maximum absolute atomic E-state index is 12.9. The molecule has 0 aliphatic heterocycles. The van der Waals surface area contributed by atoms with Crippen LogP contribution < -0.4 is 0 Å². The van der Waals surface area contributed by atoms with Gasteiger partial charge >= 0.3 is 100 Å². The van der Waals surface area contributed by atoms with Crippen LogP contribution in [0.15, 0.2) is 0 Å². The van der Waals surface area contributed by atoms with E-state index in [1.165, 1.54) is 0 Å². The maximum atomic E-state index is 12.9. The molecule has 0 aliphatic carbocycles. The second kappa shape index (κ2) is 7.58. The van der Waals surface area contributed by atoms with Crippen LogP contribution in [-0.2, 0) is 20.0 Å². The zero-order chi connectivity index (χ0) is 20.2. The van der Waals surface area contributed by atoms with E-state index in [4.69, 9.17) is 0 Å². The van der Waals surface area contributed by atoms with Crippen LogP contribution in [0.5, 0.6) is 0 Å². The van der Waals surface area contributed by atoms with Crippen LogP contribution in [-0.4, -0.2) is 101 Å². The molecule has 0 aromatic heterocycles. The third-order valence-electron chi connectivity index (χ3n) is 2.02. The molecule has 0 unspecified atom stereocenters. The third-order valence-corrected chi connectivity index (χ3v) is 5.75. The van der Waals surface area contributed by atoms with Crippen molar-refractivity contribution in [3.8, 4) is 0 Å². The van der Waals surface area contributed by atoms with E-state index in [1.54, 1.807) is 0 Å². The molecule has 0 saturated carbocycles. The molecule has 0 amide bonds. The molecule has 0 aromatic carbocycles. The van der Waals surface area contributed by atoms with Crippen molar-refractivity contribution in [3.63, 3.8) is 0 Å². The normalized spacial score (nSPS) is 15.4. The Bertz CT molecular complexity index is 685. The van der Waals surface area contributed by atoms with Gasteiger partial charge in [-0.2, -0.15) is 39.5 Å². The molecule has 0 aliphatic rings. The Morgan fingerprint density at radius 3 is 1.20 bits per heavy atom. The van der Waals surface area contributed by atoms with Crippen LogP contribution in [0.3, 0.4) is 0 Å². The van der Waals surface area contributed by atoms with Gasteiger partial charge in [-0.3, -0.25) is 0 Å². The summed E-state index contributed by atoms with van der Waals surface area (Å²) in [6.45, 7) is 0. The number of halogens is 12. The molecule has 148 valence electrons. The summed E-state index contributed by atoms with van der Waals surface area (Å²) in [5.41, 5.74) is 0. The molecule has 0 bridgehead atoms. The Morgan fingerprint density at radius 2 is 0.960 bits per heavy atom. The van der Waals surface area contributed by atoms with Crippen LogP contribution in [0, 0.1) is 0 Å². The van der Waals surface area contributed by atoms with Crippen LogP contribution >= 0.6 is 0 Å². The Kier molecular flexibility index (Phi) is 8.45. The van der Waals surface area contributed by atoms with E-state index >= 15 is 0 Å². The summed E-state index contributed by atoms with van der Waals surface area (Å²) in [7, 11) is -16.6. The molecule has 0 rings (SSSR count). The van der Waals surface area contributed by atoms with Crippen molar-refractivity contribution in [2.45, 2.75) is 29.0 Å². The molecule has 0 N–H and O–H groups in total. The summed E-state index contributed by atoms with van der Waals surface area (Å²) in [5.74, 6) is -7.04. The second-order valence-electron chi connectivity index (χ2n) is 3.62. The van der Waals surface area contributed by atoms with Gasteiger partial charge in [-0.05, 0) is 0 Å². The van der Waals surface area contributed by atoms with E-state index in [-0.39, 0.29) is 51.4 Å². The fourth-order valence-electron chi connectivity index (χ4n) is 0.755. The van der Waals surface area contributed by atoms with Gasteiger partial charge in [0.25, 0.3) is 0 Å². The minimum atomic E-state index is -8.31. The first-order valence-electron chi connectivity index (χ1n) is 4.54. The number of sulfonamides is 2. The molecule has 25 heavy (non-hydrogen) atoms. The van der Waals surface area contributed by atoms with Crippen LogP contribution in [0.25, 0.3) is 0 Å². The standard InChI is InChI=1S/C5HF12NO4S2.K.H/c6-1(7)2(8,9)4(13,14)23(19,20)18(17)24(21,22)5(15,16)3(10,11)12;;/h1H;;. The van der Waals surface area contributed by atoms with Gasteiger partial charge in [0.15, 0.2) is 0 Å². The minimum absolute atomic E-state index is 0. The number of alkyl halides is 11. The fourth-order valence-corrected chi connectivity index (χ4v) is 3.44. The zero-order valence-corrected chi connectivity index (χ0v) is 11.6. The predicted octanol–water partition coefficient (Wildman–Crippen LogP) is 1.83. The molecular formula is C5H2F12KNO4S2. The molecule has 0 radical (unpaired) electrons. The van der Waals surface area contributed by atoms with Crippen molar-refractivity contribution in [1.29, 1.82) is 0 Å². The quantitative estimate of drug-likeness (QED) is 0.337. The van der Waals surface area contributed by atoms with E-state index in [2.05, 4.69) is 0 Å². The molecule has 0 atom stereocenters. The average Bonchev–Trinajstić information content (AvgIpc) is 2.35. The Morgan fingerprint density at radius 1 is 0.680 bits per heavy atom. The van der Waals surface area contributed by atoms with Gasteiger partial charge in [0, 0.05) is 0 Å². The number of hydrogen-bond acceptors (Lipinski definition) is 4. The van der Waals surface area contributed by atoms with Crippen molar-refractivity contribution in [2.24, 2.45) is 0 Å². The summed E-state index contributed by atoms with van der Waals surface area (Å²) >= 11 is 0. The van der Waals surface area contributed by atoms with E-state index in [9.17, 15) is 69.6 Å². The molecule has 20 heteroatoms. The average molecular weight is 471 g/mol. The summed E-state index contributed by atoms with van der Waals surface area (Å²) in [6, 6.07) is 0. The van der Waals surface area contributed by atoms with Gasteiger partial charge in [-0.1, -0.05) is 0 Å². The number of hydrogen-bond donors (Lipinski definition) is 0. The molecule has 5 nitrogen and oxygen atoms in total. The molecule has 0 aromatic rings. The van der Waals surface area contributed by atoms with Gasteiger partial charge in [-0.25, -0.2) is 25.6 Å². The molecule has 0 heterocycles. The van der Waals surface area contributed by atoms with Gasteiger partial charge < -0.3 is 0 Å². The summed E-state index contributed by atoms with van der Waals surface area (Å²) in [4.78, 5) is 0. The van der Waals surface area contributed by atoms with E-state index in [0.717, 1.165) is 0 Å². The van der Waals surface area contributed by atoms with E-state index < -0.39 is 53.0 Å². The third kappa shape index (κ3) is 4.24. The van der Waals surface area contributed by atoms with Gasteiger partial charge in [-0.15, -0.1) is 4.48 Å². The van der Waals surface area contributed by atoms with Crippen molar-refractivity contribution in [3.05, 3.63) is 0 Å². The van der Waals surface area contributed by atoms with Gasteiger partial charge in [0.05, 0.1) is 3.93 Å². The first kappa shape index (κ1) is 27.9. The summed E-state index contributed by atoms with van der Waals surface area (Å²) in [6.07, 6.45) is -12.9. The Balaban J connectivity index is 0. The predicted molar refractivity (Wildman–Crippen MR) is 54.8 cm³/mol. The Labute approximate surface area is 172 Å². The molecule has 0 fully saturated rings. The Hall–Kier alpha value is 0.656. The first-order chi connectivity index (χ1) is 10.1. The number of rotatable bonds is 6. The first-order valence-corrected chi connectivity index (χ1v) is 7.42. The van der Waals surface area contributed by atoms with Crippen molar-refractivity contribution >= 4 is 71.4 Å². The van der Waals surface area contributed by atoms with Crippen LogP contribution in [0.4, 0.5) is 52.8 Å². The van der Waals surface area contributed by atoms with Gasteiger partial charge in [0.2, 0.25) is 0 Å². The summed E-state index contributed by atoms with van der Waals surface area (Å²) in [5, 5.41) is -14.8. The molecule has 0 spiro atoms. The second-order valence-corrected chi connectivity index (χ2v) is 7.42. The van der Waals surface area contributed by atoms with E-state index in [1.807, 2.05) is 0 Å². The fraction of sp³-hybridized carbons (Fsp3) is 1.00. The summed E-state index contributed by atoms with van der Waals surface area (Å²) < 4.78 is 185. The monoisotopic (exact) mass is 471 g/mol. The van der Waals surface area contributed by atoms with E-state index in [0.29, 0.717) is 0 Å². The number of nitrogens with zero attached hydrogens (tertiary/aromatic N) is 1. The molecular weight excluding hydrogens is 469 g/mol. The van der Waals surface area contributed by atoms with Crippen molar-refractivity contribution < 1.29 is 69.6 Å². The van der Waals surface area contributed by atoms with Crippen LogP contribution in [0.1, 0.15) is 0 Å². The zero-order valence-electron chi connectivity index (χ0n) is 10.0. The van der Waals surface area contributed by atoms with Crippen LogP contribution in [0.2, 0.25) is 0 Å². The molecule has 0 saturated heterocycles. The SMILES string of the molecule is O=S(=O)(N(F)S(=O)(=O)C(F)(F)C(F)(F)C(F)F)C(F)(F)C(F)(F)F.[KH]. The van der Waals surface area contributed by atoms with Crippen molar-refractivity contribution in [2.75, 3.05) is 0 Å².